The zero-order valence-electron chi connectivity index (χ0n) is 14.4. The van der Waals surface area contributed by atoms with Crippen molar-refractivity contribution in [3.8, 4) is 0 Å². The van der Waals surface area contributed by atoms with Gasteiger partial charge in [0.15, 0.2) is 8.32 Å². The molecule has 116 valence electrons. The number of amides is 1. The van der Waals surface area contributed by atoms with E-state index in [2.05, 4.69) is 47.3 Å². The van der Waals surface area contributed by atoms with E-state index in [0.717, 1.165) is 12.8 Å². The lowest BCUT2D eigenvalue weighted by Crippen LogP contribution is -2.64. The number of carbonyl (C=O) groups excluding carboxylic acids is 1. The highest BCUT2D eigenvalue weighted by Gasteiger charge is 2.48. The molecule has 0 atom stereocenters. The number of piperidine rings is 1. The van der Waals surface area contributed by atoms with Crippen molar-refractivity contribution in [2.75, 3.05) is 0 Å². The van der Waals surface area contributed by atoms with Crippen molar-refractivity contribution >= 4 is 14.2 Å². The average molecular weight is 298 g/mol. The molecule has 1 saturated heterocycles. The molecule has 0 aromatic carbocycles. The van der Waals surface area contributed by atoms with Crippen molar-refractivity contribution in [2.24, 2.45) is 0 Å². The summed E-state index contributed by atoms with van der Waals surface area (Å²) in [5, 5.41) is 0. The van der Waals surface area contributed by atoms with Gasteiger partial charge in [0.05, 0.1) is 0 Å². The first-order chi connectivity index (χ1) is 8.89. The van der Waals surface area contributed by atoms with E-state index in [1.807, 2.05) is 17.9 Å². The highest BCUT2D eigenvalue weighted by Crippen LogP contribution is 2.40. The molecular formula is C16H31NO2Si. The van der Waals surface area contributed by atoms with Crippen LogP contribution in [0.1, 0.15) is 47.5 Å². The Balaban J connectivity index is 3.01. The summed E-state index contributed by atoms with van der Waals surface area (Å²) < 4.78 is 6.32. The number of carbonyl (C=O) groups is 1. The summed E-state index contributed by atoms with van der Waals surface area (Å²) in [6.45, 7) is 17.2. The van der Waals surface area contributed by atoms with Gasteiger partial charge in [-0.3, -0.25) is 4.79 Å². The van der Waals surface area contributed by atoms with Gasteiger partial charge in [0, 0.05) is 17.2 Å². The normalized spacial score (nSPS) is 23.3. The summed E-state index contributed by atoms with van der Waals surface area (Å²) in [6.07, 6.45) is 5.55. The summed E-state index contributed by atoms with van der Waals surface area (Å²) in [6, 6.07) is 0. The quantitative estimate of drug-likeness (QED) is 0.583. The molecule has 3 nitrogen and oxygen atoms in total. The third-order valence-corrected chi connectivity index (χ3v) is 4.76. The van der Waals surface area contributed by atoms with Crippen LogP contribution in [0.4, 0.5) is 0 Å². The number of likely N-dealkylation sites (tertiary alicyclic amines) is 1. The standard InChI is InChI=1S/C16H31NO2Si/c1-9-10-14(18)17-15(2,3)11-13(12-16(17,4)5)19-20(6,7)8/h9-10,13H,11-12H2,1-8H3/b10-9+. The van der Waals surface area contributed by atoms with Crippen LogP contribution in [0.5, 0.6) is 0 Å². The Morgan fingerprint density at radius 2 is 1.60 bits per heavy atom. The van der Waals surface area contributed by atoms with E-state index < -0.39 is 8.32 Å². The van der Waals surface area contributed by atoms with Crippen molar-refractivity contribution in [3.05, 3.63) is 12.2 Å². The number of rotatable bonds is 3. The third-order valence-electron chi connectivity index (χ3n) is 3.71. The fourth-order valence-corrected chi connectivity index (χ4v) is 4.75. The molecule has 0 radical (unpaired) electrons. The van der Waals surface area contributed by atoms with Crippen molar-refractivity contribution in [1.29, 1.82) is 0 Å². The summed E-state index contributed by atoms with van der Waals surface area (Å²) >= 11 is 0. The number of hydrogen-bond acceptors (Lipinski definition) is 2. The summed E-state index contributed by atoms with van der Waals surface area (Å²) in [7, 11) is -1.55. The molecule has 4 heteroatoms. The van der Waals surface area contributed by atoms with Gasteiger partial charge in [0.1, 0.15) is 0 Å². The first-order valence-corrected chi connectivity index (χ1v) is 10.9. The van der Waals surface area contributed by atoms with Gasteiger partial charge in [-0.25, -0.2) is 0 Å². The van der Waals surface area contributed by atoms with Crippen molar-refractivity contribution in [1.82, 2.24) is 4.90 Å². The third kappa shape index (κ3) is 4.19. The van der Waals surface area contributed by atoms with Crippen LogP contribution in [0.2, 0.25) is 19.6 Å². The van der Waals surface area contributed by atoms with Crippen molar-refractivity contribution in [2.45, 2.75) is 84.3 Å². The van der Waals surface area contributed by atoms with E-state index >= 15 is 0 Å². The molecule has 1 aliphatic rings. The van der Waals surface area contributed by atoms with Gasteiger partial charge in [-0.1, -0.05) is 6.08 Å². The lowest BCUT2D eigenvalue weighted by molar-refractivity contribution is -0.148. The fourth-order valence-electron chi connectivity index (χ4n) is 3.59. The molecule has 0 aromatic heterocycles. The maximum atomic E-state index is 12.4. The zero-order chi connectivity index (χ0) is 15.8. The Morgan fingerprint density at radius 1 is 1.15 bits per heavy atom. The topological polar surface area (TPSA) is 29.5 Å². The minimum absolute atomic E-state index is 0.106. The molecule has 1 rings (SSSR count). The Bertz CT molecular complexity index is 376. The Hall–Kier alpha value is -0.613. The monoisotopic (exact) mass is 297 g/mol. The summed E-state index contributed by atoms with van der Waals surface area (Å²) in [5.41, 5.74) is -0.356. The molecule has 1 aliphatic heterocycles. The van der Waals surface area contributed by atoms with Crippen LogP contribution in [-0.2, 0) is 9.22 Å². The Kier molecular flexibility index (Phi) is 4.92. The Morgan fingerprint density at radius 3 is 1.95 bits per heavy atom. The molecule has 0 unspecified atom stereocenters. The second-order valence-electron chi connectivity index (χ2n) is 8.06. The van der Waals surface area contributed by atoms with Crippen LogP contribution < -0.4 is 0 Å². The number of nitrogens with zero attached hydrogens (tertiary/aromatic N) is 1. The lowest BCUT2D eigenvalue weighted by atomic mass is 9.78. The van der Waals surface area contributed by atoms with Crippen LogP contribution in [0.3, 0.4) is 0 Å². The summed E-state index contributed by atoms with van der Waals surface area (Å²) in [4.78, 5) is 14.5. The van der Waals surface area contributed by atoms with E-state index in [-0.39, 0.29) is 23.1 Å². The molecule has 0 bridgehead atoms. The first kappa shape index (κ1) is 17.4. The second kappa shape index (κ2) is 5.64. The van der Waals surface area contributed by atoms with E-state index in [1.54, 1.807) is 6.08 Å². The van der Waals surface area contributed by atoms with Gasteiger partial charge in [-0.05, 0) is 73.2 Å². The average Bonchev–Trinajstić information content (AvgIpc) is 2.09. The zero-order valence-corrected chi connectivity index (χ0v) is 15.4. The summed E-state index contributed by atoms with van der Waals surface area (Å²) in [5.74, 6) is 0.106. The van der Waals surface area contributed by atoms with Gasteiger partial charge >= 0.3 is 0 Å². The molecule has 0 aliphatic carbocycles. The molecule has 0 aromatic rings. The van der Waals surface area contributed by atoms with E-state index in [4.69, 9.17) is 4.43 Å². The van der Waals surface area contributed by atoms with Crippen LogP contribution in [0.15, 0.2) is 12.2 Å². The van der Waals surface area contributed by atoms with Gasteiger partial charge in [0.25, 0.3) is 0 Å². The van der Waals surface area contributed by atoms with Gasteiger partial charge in [-0.2, -0.15) is 0 Å². The molecular weight excluding hydrogens is 266 g/mol. The van der Waals surface area contributed by atoms with Gasteiger partial charge in [0.2, 0.25) is 5.91 Å². The molecule has 20 heavy (non-hydrogen) atoms. The SMILES string of the molecule is C/C=C/C(=O)N1C(C)(C)CC(O[Si](C)(C)C)CC1(C)C. The van der Waals surface area contributed by atoms with Gasteiger partial charge < -0.3 is 9.33 Å². The smallest absolute Gasteiger partial charge is 0.247 e. The largest absolute Gasteiger partial charge is 0.415 e. The van der Waals surface area contributed by atoms with Crippen molar-refractivity contribution < 1.29 is 9.22 Å². The maximum absolute atomic E-state index is 12.4. The highest BCUT2D eigenvalue weighted by atomic mass is 28.4. The van der Waals surface area contributed by atoms with Crippen LogP contribution in [0, 0.1) is 0 Å². The number of allylic oxidation sites excluding steroid dienone is 1. The lowest BCUT2D eigenvalue weighted by Gasteiger charge is -2.55. The van der Waals surface area contributed by atoms with Crippen LogP contribution in [-0.4, -0.2) is 36.3 Å². The van der Waals surface area contributed by atoms with Gasteiger partial charge in [-0.15, -0.1) is 0 Å². The molecule has 0 spiro atoms. The van der Waals surface area contributed by atoms with E-state index in [9.17, 15) is 4.79 Å². The second-order valence-corrected chi connectivity index (χ2v) is 12.5. The number of hydrogen-bond donors (Lipinski definition) is 0. The molecule has 1 fully saturated rings. The maximum Gasteiger partial charge on any atom is 0.247 e. The Labute approximate surface area is 125 Å². The van der Waals surface area contributed by atoms with E-state index in [1.165, 1.54) is 0 Å². The molecule has 1 heterocycles. The van der Waals surface area contributed by atoms with Crippen molar-refractivity contribution in [3.63, 3.8) is 0 Å². The molecule has 0 N–H and O–H groups in total. The van der Waals surface area contributed by atoms with Crippen LogP contribution >= 0.6 is 0 Å². The van der Waals surface area contributed by atoms with Crippen LogP contribution in [0.25, 0.3) is 0 Å². The first-order valence-electron chi connectivity index (χ1n) is 7.54. The fraction of sp³-hybridized carbons (Fsp3) is 0.812. The minimum atomic E-state index is -1.55. The predicted octanol–water partition coefficient (Wildman–Crippen LogP) is 3.96. The van der Waals surface area contributed by atoms with E-state index in [0.29, 0.717) is 0 Å². The highest BCUT2D eigenvalue weighted by molar-refractivity contribution is 6.69. The predicted molar refractivity (Wildman–Crippen MR) is 87.3 cm³/mol. The molecule has 1 amide bonds. The molecule has 0 saturated carbocycles. The minimum Gasteiger partial charge on any atom is -0.415 e.